The van der Waals surface area contributed by atoms with Gasteiger partial charge in [0.05, 0.1) is 34.1 Å². The highest BCUT2D eigenvalue weighted by atomic mass is 35.5. The Morgan fingerprint density at radius 1 is 0.861 bits per heavy atom. The summed E-state index contributed by atoms with van der Waals surface area (Å²) in [5, 5.41) is 7.11. The first kappa shape index (κ1) is 26.4. The maximum absolute atomic E-state index is 12.3. The van der Waals surface area contributed by atoms with E-state index in [1.165, 1.54) is 33.6 Å². The lowest BCUT2D eigenvalue weighted by molar-refractivity contribution is -0.120. The molecule has 0 bridgehead atoms. The van der Waals surface area contributed by atoms with Crippen molar-refractivity contribution in [2.24, 2.45) is 5.10 Å². The van der Waals surface area contributed by atoms with Gasteiger partial charge in [0, 0.05) is 10.6 Å². The van der Waals surface area contributed by atoms with Gasteiger partial charge in [-0.2, -0.15) is 5.10 Å². The monoisotopic (exact) mass is 511 g/mol. The number of carbonyl (C=O) groups is 2. The van der Waals surface area contributed by atoms with Crippen molar-refractivity contribution >= 4 is 29.6 Å². The molecule has 3 rings (SSSR count). The van der Waals surface area contributed by atoms with Crippen LogP contribution < -0.4 is 29.7 Å². The summed E-state index contributed by atoms with van der Waals surface area (Å²) >= 11 is 5.91. The van der Waals surface area contributed by atoms with Crippen LogP contribution in [-0.2, 0) is 11.4 Å². The first-order valence-electron chi connectivity index (χ1n) is 10.8. The molecule has 0 saturated carbocycles. The number of ether oxygens (including phenoxy) is 4. The topological polar surface area (TPSA) is 107 Å². The molecular weight excluding hydrogens is 486 g/mol. The lowest BCUT2D eigenvalue weighted by Crippen LogP contribution is -2.34. The molecule has 2 N–H and O–H groups in total. The van der Waals surface area contributed by atoms with Crippen molar-refractivity contribution in [2.75, 3.05) is 27.9 Å². The number of halogens is 1. The molecule has 0 fully saturated rings. The van der Waals surface area contributed by atoms with Gasteiger partial charge in [-0.05, 0) is 59.7 Å². The number of benzene rings is 3. The van der Waals surface area contributed by atoms with E-state index in [0.29, 0.717) is 45.8 Å². The van der Waals surface area contributed by atoms with E-state index in [4.69, 9.17) is 30.5 Å². The van der Waals surface area contributed by atoms with Crippen LogP contribution in [0.2, 0.25) is 5.02 Å². The molecule has 0 heterocycles. The van der Waals surface area contributed by atoms with Gasteiger partial charge in [-0.1, -0.05) is 23.7 Å². The molecule has 3 aromatic carbocycles. The number of hydrazone groups is 1. The zero-order valence-electron chi connectivity index (χ0n) is 20.0. The van der Waals surface area contributed by atoms with Crippen LogP contribution in [0, 0.1) is 0 Å². The molecule has 0 aliphatic carbocycles. The van der Waals surface area contributed by atoms with Gasteiger partial charge >= 0.3 is 0 Å². The van der Waals surface area contributed by atoms with E-state index in [0.717, 1.165) is 5.56 Å². The smallest absolute Gasteiger partial charge is 0.259 e. The second-order valence-electron chi connectivity index (χ2n) is 7.37. The molecule has 36 heavy (non-hydrogen) atoms. The number of methoxy groups -OCH3 is 3. The standard InChI is InChI=1S/C26H26ClN3O6/c1-33-21-11-7-19(13-24(21)35-3)26(32)28-15-25(31)30-29-14-18-6-10-22(23(12-18)34-2)36-16-17-4-8-20(27)9-5-17/h4-14H,15-16H2,1-3H3,(H,28,32)(H,30,31)/b29-14-. The number of nitrogens with one attached hydrogen (secondary N) is 2. The Morgan fingerprint density at radius 3 is 2.22 bits per heavy atom. The number of hydrogen-bond acceptors (Lipinski definition) is 7. The lowest BCUT2D eigenvalue weighted by atomic mass is 10.2. The van der Waals surface area contributed by atoms with Gasteiger partial charge in [-0.15, -0.1) is 0 Å². The fourth-order valence-electron chi connectivity index (χ4n) is 3.08. The number of amides is 2. The van der Waals surface area contributed by atoms with Gasteiger partial charge < -0.3 is 24.3 Å². The predicted octanol–water partition coefficient (Wildman–Crippen LogP) is 3.82. The van der Waals surface area contributed by atoms with Crippen molar-refractivity contribution in [3.05, 3.63) is 82.4 Å². The molecule has 0 radical (unpaired) electrons. The summed E-state index contributed by atoms with van der Waals surface area (Å²) < 4.78 is 21.6. The number of nitrogens with zero attached hydrogens (tertiary/aromatic N) is 1. The third kappa shape index (κ3) is 7.38. The molecule has 0 spiro atoms. The highest BCUT2D eigenvalue weighted by Crippen LogP contribution is 2.29. The molecule has 188 valence electrons. The molecule has 0 aliphatic rings. The number of carbonyl (C=O) groups excluding carboxylic acids is 2. The molecule has 10 heteroatoms. The Bertz CT molecular complexity index is 1230. The van der Waals surface area contributed by atoms with E-state index in [9.17, 15) is 9.59 Å². The average Bonchev–Trinajstić information content (AvgIpc) is 2.91. The Balaban J connectivity index is 1.50. The van der Waals surface area contributed by atoms with Crippen molar-refractivity contribution in [3.63, 3.8) is 0 Å². The molecule has 2 amide bonds. The molecule has 0 aliphatic heterocycles. The quantitative estimate of drug-likeness (QED) is 0.299. The maximum Gasteiger partial charge on any atom is 0.259 e. The van der Waals surface area contributed by atoms with E-state index in [-0.39, 0.29) is 6.54 Å². The summed E-state index contributed by atoms with van der Waals surface area (Å²) in [4.78, 5) is 24.4. The molecule has 3 aromatic rings. The zero-order chi connectivity index (χ0) is 25.9. The molecular formula is C26H26ClN3O6. The number of hydrogen-bond donors (Lipinski definition) is 2. The normalized spacial score (nSPS) is 10.6. The van der Waals surface area contributed by atoms with E-state index < -0.39 is 11.8 Å². The second kappa shape index (κ2) is 13.0. The van der Waals surface area contributed by atoms with Crippen molar-refractivity contribution in [2.45, 2.75) is 6.61 Å². The van der Waals surface area contributed by atoms with E-state index in [1.54, 1.807) is 42.5 Å². The Labute approximate surface area is 214 Å². The molecule has 0 atom stereocenters. The van der Waals surface area contributed by atoms with Gasteiger partial charge in [0.25, 0.3) is 11.8 Å². The third-order valence-electron chi connectivity index (χ3n) is 4.95. The Kier molecular flexibility index (Phi) is 9.53. The minimum absolute atomic E-state index is 0.259. The molecule has 9 nitrogen and oxygen atoms in total. The second-order valence-corrected chi connectivity index (χ2v) is 7.81. The van der Waals surface area contributed by atoms with E-state index in [1.807, 2.05) is 12.1 Å². The summed E-state index contributed by atoms with van der Waals surface area (Å²) in [6.45, 7) is 0.0946. The van der Waals surface area contributed by atoms with Crippen molar-refractivity contribution in [3.8, 4) is 23.0 Å². The van der Waals surface area contributed by atoms with Crippen LogP contribution in [0.25, 0.3) is 0 Å². The summed E-state index contributed by atoms with van der Waals surface area (Å²) in [6.07, 6.45) is 1.46. The molecule has 0 saturated heterocycles. The van der Waals surface area contributed by atoms with Crippen LogP contribution in [-0.4, -0.2) is 45.9 Å². The van der Waals surface area contributed by atoms with Gasteiger partial charge in [0.15, 0.2) is 23.0 Å². The van der Waals surface area contributed by atoms with Gasteiger partial charge in [-0.25, -0.2) is 5.43 Å². The fourth-order valence-corrected chi connectivity index (χ4v) is 3.21. The van der Waals surface area contributed by atoms with Gasteiger partial charge in [-0.3, -0.25) is 9.59 Å². The van der Waals surface area contributed by atoms with Crippen LogP contribution >= 0.6 is 11.6 Å². The van der Waals surface area contributed by atoms with Crippen molar-refractivity contribution in [1.82, 2.24) is 10.7 Å². The van der Waals surface area contributed by atoms with Crippen LogP contribution in [0.15, 0.2) is 65.8 Å². The van der Waals surface area contributed by atoms with Crippen LogP contribution in [0.1, 0.15) is 21.5 Å². The highest BCUT2D eigenvalue weighted by Gasteiger charge is 2.12. The van der Waals surface area contributed by atoms with Crippen LogP contribution in [0.4, 0.5) is 0 Å². The molecule has 0 aromatic heterocycles. The average molecular weight is 512 g/mol. The zero-order valence-corrected chi connectivity index (χ0v) is 20.8. The highest BCUT2D eigenvalue weighted by molar-refractivity contribution is 6.30. The van der Waals surface area contributed by atoms with Crippen molar-refractivity contribution in [1.29, 1.82) is 0 Å². The predicted molar refractivity (Wildman–Crippen MR) is 136 cm³/mol. The van der Waals surface area contributed by atoms with Crippen LogP contribution in [0.3, 0.4) is 0 Å². The Morgan fingerprint density at radius 2 is 1.53 bits per heavy atom. The molecule has 0 unspecified atom stereocenters. The minimum atomic E-state index is -0.491. The van der Waals surface area contributed by atoms with Crippen LogP contribution in [0.5, 0.6) is 23.0 Å². The van der Waals surface area contributed by atoms with Gasteiger partial charge in [0.1, 0.15) is 6.61 Å². The first-order chi connectivity index (χ1) is 17.4. The number of rotatable bonds is 11. The van der Waals surface area contributed by atoms with E-state index in [2.05, 4.69) is 15.8 Å². The maximum atomic E-state index is 12.3. The van der Waals surface area contributed by atoms with Crippen molar-refractivity contribution < 1.29 is 28.5 Å². The Hall–Kier alpha value is -4.24. The lowest BCUT2D eigenvalue weighted by Gasteiger charge is -2.11. The summed E-state index contributed by atoms with van der Waals surface area (Å²) in [5.41, 5.74) is 4.35. The fraction of sp³-hybridized carbons (Fsp3) is 0.192. The first-order valence-corrected chi connectivity index (χ1v) is 11.2. The SMILES string of the molecule is COc1ccc(C(=O)NCC(=O)N/N=C\c2ccc(OCc3ccc(Cl)cc3)c(OC)c2)cc1OC. The largest absolute Gasteiger partial charge is 0.493 e. The summed E-state index contributed by atoms with van der Waals surface area (Å²) in [6, 6.07) is 17.3. The summed E-state index contributed by atoms with van der Waals surface area (Å²) in [5.74, 6) is 1.06. The third-order valence-corrected chi connectivity index (χ3v) is 5.21. The summed E-state index contributed by atoms with van der Waals surface area (Å²) in [7, 11) is 4.51. The minimum Gasteiger partial charge on any atom is -0.493 e. The van der Waals surface area contributed by atoms with E-state index >= 15 is 0 Å². The van der Waals surface area contributed by atoms with Gasteiger partial charge in [0.2, 0.25) is 0 Å².